The monoisotopic (exact) mass is 284 g/mol. The predicted molar refractivity (Wildman–Crippen MR) is 81.4 cm³/mol. The molecule has 1 aliphatic heterocycles. The van der Waals surface area contributed by atoms with Crippen LogP contribution in [-0.2, 0) is 0 Å². The zero-order valence-electron chi connectivity index (χ0n) is 12.4. The molecule has 2 aromatic rings. The molecule has 1 atom stereocenters. The lowest BCUT2D eigenvalue weighted by Gasteiger charge is -2.25. The maximum Gasteiger partial charge on any atom is 0.234 e. The molecule has 110 valence electrons. The van der Waals surface area contributed by atoms with Crippen LogP contribution in [0.15, 0.2) is 36.9 Å². The van der Waals surface area contributed by atoms with Crippen LogP contribution in [0, 0.1) is 0 Å². The second-order valence-corrected chi connectivity index (χ2v) is 5.52. The summed E-state index contributed by atoms with van der Waals surface area (Å²) < 4.78 is 5.64. The third-order valence-corrected chi connectivity index (χ3v) is 3.57. The summed E-state index contributed by atoms with van der Waals surface area (Å²) in [5, 5.41) is 0. The van der Waals surface area contributed by atoms with Gasteiger partial charge in [-0.15, -0.1) is 0 Å². The van der Waals surface area contributed by atoms with E-state index in [-0.39, 0.29) is 6.10 Å². The van der Waals surface area contributed by atoms with E-state index in [0.717, 1.165) is 25.2 Å². The van der Waals surface area contributed by atoms with Crippen LogP contribution >= 0.6 is 0 Å². The zero-order chi connectivity index (χ0) is 14.7. The van der Waals surface area contributed by atoms with E-state index in [0.29, 0.717) is 11.9 Å². The standard InChI is InChI=1S/C16H20N4O/c1-12(2)21-16-11-18-10-15(19-16)20-8-4-6-14(20)13-5-3-7-17-9-13/h3,5,7,9-12,14H,4,6,8H2,1-2H3. The largest absolute Gasteiger partial charge is 0.474 e. The van der Waals surface area contributed by atoms with Gasteiger partial charge >= 0.3 is 0 Å². The van der Waals surface area contributed by atoms with Crippen LogP contribution < -0.4 is 9.64 Å². The van der Waals surface area contributed by atoms with Crippen LogP contribution in [-0.4, -0.2) is 27.6 Å². The van der Waals surface area contributed by atoms with E-state index < -0.39 is 0 Å². The van der Waals surface area contributed by atoms with Crippen LogP contribution in [0.25, 0.3) is 0 Å². The van der Waals surface area contributed by atoms with Gasteiger partial charge in [-0.05, 0) is 38.3 Å². The first-order chi connectivity index (χ1) is 10.2. The average Bonchev–Trinajstić information content (AvgIpc) is 2.97. The first-order valence-electron chi connectivity index (χ1n) is 7.39. The van der Waals surface area contributed by atoms with E-state index in [4.69, 9.17) is 4.74 Å². The molecule has 2 aromatic heterocycles. The zero-order valence-corrected chi connectivity index (χ0v) is 12.4. The van der Waals surface area contributed by atoms with Crippen LogP contribution in [0.1, 0.15) is 38.3 Å². The summed E-state index contributed by atoms with van der Waals surface area (Å²) in [5.41, 5.74) is 1.23. The third-order valence-electron chi connectivity index (χ3n) is 3.57. The molecule has 1 unspecified atom stereocenters. The van der Waals surface area contributed by atoms with Crippen molar-refractivity contribution in [2.75, 3.05) is 11.4 Å². The first-order valence-corrected chi connectivity index (χ1v) is 7.39. The van der Waals surface area contributed by atoms with Gasteiger partial charge in [0.25, 0.3) is 0 Å². The van der Waals surface area contributed by atoms with Crippen molar-refractivity contribution >= 4 is 5.82 Å². The van der Waals surface area contributed by atoms with E-state index in [9.17, 15) is 0 Å². The maximum absolute atomic E-state index is 5.64. The number of anilines is 1. The minimum atomic E-state index is 0.0993. The van der Waals surface area contributed by atoms with Crippen molar-refractivity contribution in [1.82, 2.24) is 15.0 Å². The lowest BCUT2D eigenvalue weighted by molar-refractivity contribution is 0.231. The molecule has 1 saturated heterocycles. The Labute approximate surface area is 125 Å². The van der Waals surface area contributed by atoms with Gasteiger partial charge < -0.3 is 9.64 Å². The van der Waals surface area contributed by atoms with Gasteiger partial charge in [0.2, 0.25) is 5.88 Å². The number of pyridine rings is 1. The Morgan fingerprint density at radius 1 is 1.24 bits per heavy atom. The minimum Gasteiger partial charge on any atom is -0.474 e. The molecular formula is C16H20N4O. The Balaban J connectivity index is 1.85. The molecular weight excluding hydrogens is 264 g/mol. The molecule has 0 radical (unpaired) electrons. The SMILES string of the molecule is CC(C)Oc1cncc(N2CCCC2c2cccnc2)n1. The Kier molecular flexibility index (Phi) is 3.99. The average molecular weight is 284 g/mol. The number of rotatable bonds is 4. The highest BCUT2D eigenvalue weighted by Gasteiger charge is 2.27. The summed E-state index contributed by atoms with van der Waals surface area (Å²) in [4.78, 5) is 15.4. The predicted octanol–water partition coefficient (Wildman–Crippen LogP) is 3.00. The van der Waals surface area contributed by atoms with E-state index in [2.05, 4.69) is 25.9 Å². The van der Waals surface area contributed by atoms with Gasteiger partial charge in [-0.25, -0.2) is 0 Å². The molecule has 5 heteroatoms. The lowest BCUT2D eigenvalue weighted by Crippen LogP contribution is -2.24. The van der Waals surface area contributed by atoms with Crippen LogP contribution in [0.4, 0.5) is 5.82 Å². The van der Waals surface area contributed by atoms with E-state index in [1.807, 2.05) is 32.3 Å². The van der Waals surface area contributed by atoms with Gasteiger partial charge in [0.05, 0.1) is 24.5 Å². The van der Waals surface area contributed by atoms with Crippen molar-refractivity contribution < 1.29 is 4.74 Å². The van der Waals surface area contributed by atoms with Gasteiger partial charge in [-0.2, -0.15) is 4.98 Å². The highest BCUT2D eigenvalue weighted by atomic mass is 16.5. The Bertz CT molecular complexity index is 588. The molecule has 0 spiro atoms. The molecule has 3 heterocycles. The molecule has 0 bridgehead atoms. The molecule has 0 saturated carbocycles. The Morgan fingerprint density at radius 3 is 2.90 bits per heavy atom. The second-order valence-electron chi connectivity index (χ2n) is 5.52. The van der Waals surface area contributed by atoms with Crippen molar-refractivity contribution in [3.63, 3.8) is 0 Å². The minimum absolute atomic E-state index is 0.0993. The summed E-state index contributed by atoms with van der Waals surface area (Å²) >= 11 is 0. The lowest BCUT2D eigenvalue weighted by atomic mass is 10.1. The number of aromatic nitrogens is 3. The van der Waals surface area contributed by atoms with Gasteiger partial charge in [-0.1, -0.05) is 6.07 Å². The van der Waals surface area contributed by atoms with E-state index >= 15 is 0 Å². The molecule has 21 heavy (non-hydrogen) atoms. The molecule has 1 fully saturated rings. The second kappa shape index (κ2) is 6.08. The molecule has 0 aromatic carbocycles. The van der Waals surface area contributed by atoms with Gasteiger partial charge in [0, 0.05) is 18.9 Å². The van der Waals surface area contributed by atoms with Crippen molar-refractivity contribution in [1.29, 1.82) is 0 Å². The molecule has 0 aliphatic carbocycles. The molecule has 0 amide bonds. The number of hydrogen-bond acceptors (Lipinski definition) is 5. The fraction of sp³-hybridized carbons (Fsp3) is 0.438. The smallest absolute Gasteiger partial charge is 0.234 e. The molecule has 0 N–H and O–H groups in total. The molecule has 5 nitrogen and oxygen atoms in total. The Morgan fingerprint density at radius 2 is 2.14 bits per heavy atom. The molecule has 1 aliphatic rings. The van der Waals surface area contributed by atoms with Crippen molar-refractivity contribution in [3.8, 4) is 5.88 Å². The Hall–Kier alpha value is -2.17. The summed E-state index contributed by atoms with van der Waals surface area (Å²) in [5.74, 6) is 1.46. The highest BCUT2D eigenvalue weighted by molar-refractivity contribution is 5.43. The molecule has 3 rings (SSSR count). The maximum atomic E-state index is 5.64. The summed E-state index contributed by atoms with van der Waals surface area (Å²) in [7, 11) is 0. The number of ether oxygens (including phenoxy) is 1. The number of nitrogens with zero attached hydrogens (tertiary/aromatic N) is 4. The number of hydrogen-bond donors (Lipinski definition) is 0. The van der Waals surface area contributed by atoms with Crippen molar-refractivity contribution in [3.05, 3.63) is 42.5 Å². The fourth-order valence-electron chi connectivity index (χ4n) is 2.74. The summed E-state index contributed by atoms with van der Waals surface area (Å²) in [6, 6.07) is 4.43. The normalized spacial score (nSPS) is 18.2. The van der Waals surface area contributed by atoms with Crippen LogP contribution in [0.5, 0.6) is 5.88 Å². The van der Waals surface area contributed by atoms with E-state index in [1.165, 1.54) is 5.56 Å². The van der Waals surface area contributed by atoms with Crippen LogP contribution in [0.3, 0.4) is 0 Å². The summed E-state index contributed by atoms with van der Waals surface area (Å²) in [6.45, 7) is 4.96. The topological polar surface area (TPSA) is 51.1 Å². The fourth-order valence-corrected chi connectivity index (χ4v) is 2.74. The van der Waals surface area contributed by atoms with E-state index in [1.54, 1.807) is 12.4 Å². The van der Waals surface area contributed by atoms with Crippen LogP contribution in [0.2, 0.25) is 0 Å². The highest BCUT2D eigenvalue weighted by Crippen LogP contribution is 2.34. The van der Waals surface area contributed by atoms with Gasteiger partial charge in [-0.3, -0.25) is 9.97 Å². The quantitative estimate of drug-likeness (QED) is 0.864. The first kappa shape index (κ1) is 13.8. The van der Waals surface area contributed by atoms with Gasteiger partial charge in [0.15, 0.2) is 5.82 Å². The van der Waals surface area contributed by atoms with Crippen molar-refractivity contribution in [2.24, 2.45) is 0 Å². The van der Waals surface area contributed by atoms with Gasteiger partial charge in [0.1, 0.15) is 0 Å². The van der Waals surface area contributed by atoms with Crippen molar-refractivity contribution in [2.45, 2.75) is 38.8 Å². The summed E-state index contributed by atoms with van der Waals surface area (Å²) in [6.07, 6.45) is 9.58. The third kappa shape index (κ3) is 3.12.